The minimum atomic E-state index is -2.57. The van der Waals surface area contributed by atoms with Crippen LogP contribution in [0.2, 0.25) is 0 Å². The normalized spacial score (nSPS) is 13.3. The van der Waals surface area contributed by atoms with E-state index in [0.29, 0.717) is 11.1 Å². The van der Waals surface area contributed by atoms with Crippen LogP contribution in [-0.2, 0) is 6.42 Å². The van der Waals surface area contributed by atoms with Gasteiger partial charge in [-0.25, -0.2) is 13.2 Å². The van der Waals surface area contributed by atoms with Crippen molar-refractivity contribution in [2.24, 2.45) is 5.73 Å². The average Bonchev–Trinajstić information content (AvgIpc) is 2.12. The molecule has 0 aliphatic heterocycles. The van der Waals surface area contributed by atoms with Crippen molar-refractivity contribution in [1.82, 2.24) is 0 Å². The second-order valence-electron chi connectivity index (χ2n) is 3.23. The van der Waals surface area contributed by atoms with Crippen LogP contribution in [0.15, 0.2) is 18.2 Å². The van der Waals surface area contributed by atoms with Crippen LogP contribution in [0, 0.1) is 12.7 Å². The predicted octanol–water partition coefficient (Wildman–Crippen LogP) is 2.27. The molecule has 0 bridgehead atoms. The Bertz CT molecular complexity index is 312. The van der Waals surface area contributed by atoms with Gasteiger partial charge in [0.2, 0.25) is 0 Å². The number of hydrogen-bond donors (Lipinski definition) is 1. The fraction of sp³-hybridized carbons (Fsp3) is 0.400. The van der Waals surface area contributed by atoms with Crippen molar-refractivity contribution in [3.8, 4) is 0 Å². The Labute approximate surface area is 80.7 Å². The van der Waals surface area contributed by atoms with E-state index >= 15 is 0 Å². The van der Waals surface area contributed by atoms with Crippen LogP contribution in [0.25, 0.3) is 0 Å². The van der Waals surface area contributed by atoms with E-state index in [1.807, 2.05) is 0 Å². The zero-order valence-corrected chi connectivity index (χ0v) is 7.81. The molecule has 0 aliphatic carbocycles. The molecular formula is C10H12F3N. The molecule has 0 heterocycles. The van der Waals surface area contributed by atoms with Gasteiger partial charge in [0, 0.05) is 0 Å². The van der Waals surface area contributed by atoms with E-state index in [9.17, 15) is 13.2 Å². The van der Waals surface area contributed by atoms with Gasteiger partial charge in [-0.15, -0.1) is 0 Å². The summed E-state index contributed by atoms with van der Waals surface area (Å²) in [5.41, 5.74) is 6.13. The van der Waals surface area contributed by atoms with Crippen LogP contribution in [0.5, 0.6) is 0 Å². The van der Waals surface area contributed by atoms with Gasteiger partial charge in [0.1, 0.15) is 5.82 Å². The highest BCUT2D eigenvalue weighted by atomic mass is 19.3. The third-order valence-electron chi connectivity index (χ3n) is 2.16. The van der Waals surface area contributed by atoms with Crippen LogP contribution < -0.4 is 5.73 Å². The van der Waals surface area contributed by atoms with Crippen molar-refractivity contribution in [3.63, 3.8) is 0 Å². The summed E-state index contributed by atoms with van der Waals surface area (Å²) >= 11 is 0. The maximum absolute atomic E-state index is 13.0. The highest BCUT2D eigenvalue weighted by Gasteiger charge is 2.17. The maximum Gasteiger partial charge on any atom is 0.253 e. The molecule has 0 radical (unpaired) electrons. The Balaban J connectivity index is 2.82. The number of alkyl halides is 2. The monoisotopic (exact) mass is 203 g/mol. The maximum atomic E-state index is 13.0. The molecule has 1 aromatic rings. The molecule has 14 heavy (non-hydrogen) atoms. The third kappa shape index (κ3) is 2.48. The summed E-state index contributed by atoms with van der Waals surface area (Å²) in [6, 6.07) is 3.18. The molecule has 78 valence electrons. The van der Waals surface area contributed by atoms with Crippen molar-refractivity contribution in [2.75, 3.05) is 0 Å². The topological polar surface area (TPSA) is 26.0 Å². The van der Waals surface area contributed by atoms with Gasteiger partial charge < -0.3 is 5.73 Å². The summed E-state index contributed by atoms with van der Waals surface area (Å²) in [7, 11) is 0. The first kappa shape index (κ1) is 11.0. The third-order valence-corrected chi connectivity index (χ3v) is 2.16. The summed E-state index contributed by atoms with van der Waals surface area (Å²) in [5, 5.41) is 0. The van der Waals surface area contributed by atoms with Crippen molar-refractivity contribution in [3.05, 3.63) is 35.1 Å². The number of hydrogen-bond acceptors (Lipinski definition) is 1. The summed E-state index contributed by atoms with van der Waals surface area (Å²) in [6.07, 6.45) is -2.57. The summed E-state index contributed by atoms with van der Waals surface area (Å²) in [5.74, 6) is -0.385. The first-order valence-electron chi connectivity index (χ1n) is 4.30. The summed E-state index contributed by atoms with van der Waals surface area (Å²) in [4.78, 5) is 0. The number of nitrogens with two attached hydrogens (primary N) is 1. The lowest BCUT2D eigenvalue weighted by atomic mass is 10.0. The molecule has 0 amide bonds. The minimum absolute atomic E-state index is 0.00125. The highest BCUT2D eigenvalue weighted by molar-refractivity contribution is 5.28. The SMILES string of the molecule is Cc1c(F)cccc1CC(N)C(F)F. The first-order chi connectivity index (χ1) is 6.52. The van der Waals surface area contributed by atoms with Crippen molar-refractivity contribution >= 4 is 0 Å². The van der Waals surface area contributed by atoms with Crippen molar-refractivity contribution in [1.29, 1.82) is 0 Å². The minimum Gasteiger partial charge on any atom is -0.323 e. The Morgan fingerprint density at radius 1 is 1.36 bits per heavy atom. The van der Waals surface area contributed by atoms with Gasteiger partial charge in [0.05, 0.1) is 6.04 Å². The molecule has 1 unspecified atom stereocenters. The van der Waals surface area contributed by atoms with Gasteiger partial charge in [-0.3, -0.25) is 0 Å². The molecule has 0 aliphatic rings. The van der Waals surface area contributed by atoms with E-state index in [4.69, 9.17) is 5.73 Å². The van der Waals surface area contributed by atoms with Crippen LogP contribution in [0.1, 0.15) is 11.1 Å². The van der Waals surface area contributed by atoms with Gasteiger partial charge in [-0.05, 0) is 30.5 Å². The predicted molar refractivity (Wildman–Crippen MR) is 48.8 cm³/mol. The van der Waals surface area contributed by atoms with E-state index in [-0.39, 0.29) is 12.2 Å². The van der Waals surface area contributed by atoms with Gasteiger partial charge in [0.25, 0.3) is 6.43 Å². The van der Waals surface area contributed by atoms with Crippen LogP contribution >= 0.6 is 0 Å². The molecular weight excluding hydrogens is 191 g/mol. The van der Waals surface area contributed by atoms with Crippen molar-refractivity contribution in [2.45, 2.75) is 25.8 Å². The number of benzene rings is 1. The lowest BCUT2D eigenvalue weighted by molar-refractivity contribution is 0.116. The van der Waals surface area contributed by atoms with Gasteiger partial charge >= 0.3 is 0 Å². The fourth-order valence-electron chi connectivity index (χ4n) is 1.22. The highest BCUT2D eigenvalue weighted by Crippen LogP contribution is 2.15. The van der Waals surface area contributed by atoms with Crippen molar-refractivity contribution < 1.29 is 13.2 Å². The molecule has 2 N–H and O–H groups in total. The Kier molecular flexibility index (Phi) is 3.52. The van der Waals surface area contributed by atoms with E-state index in [2.05, 4.69) is 0 Å². The Morgan fingerprint density at radius 3 is 2.57 bits per heavy atom. The molecule has 1 nitrogen and oxygen atoms in total. The van der Waals surface area contributed by atoms with Gasteiger partial charge in [-0.2, -0.15) is 0 Å². The van der Waals surface area contributed by atoms with Gasteiger partial charge in [0.15, 0.2) is 0 Å². The molecule has 1 aromatic carbocycles. The molecule has 0 fully saturated rings. The zero-order chi connectivity index (χ0) is 10.7. The quantitative estimate of drug-likeness (QED) is 0.801. The first-order valence-corrected chi connectivity index (χ1v) is 4.30. The van der Waals surface area contributed by atoms with Crippen LogP contribution in [0.4, 0.5) is 13.2 Å². The largest absolute Gasteiger partial charge is 0.323 e. The lowest BCUT2D eigenvalue weighted by Crippen LogP contribution is -2.31. The van der Waals surface area contributed by atoms with E-state index in [0.717, 1.165) is 0 Å². The molecule has 0 aromatic heterocycles. The standard InChI is InChI=1S/C10H12F3N/c1-6-7(3-2-4-8(6)11)5-9(14)10(12)13/h2-4,9-10H,5,14H2,1H3. The number of rotatable bonds is 3. The molecule has 1 atom stereocenters. The van der Waals surface area contributed by atoms with E-state index < -0.39 is 12.5 Å². The molecule has 1 rings (SSSR count). The smallest absolute Gasteiger partial charge is 0.253 e. The van der Waals surface area contributed by atoms with Gasteiger partial charge in [-0.1, -0.05) is 12.1 Å². The molecule has 0 spiro atoms. The summed E-state index contributed by atoms with van der Waals surface area (Å²) in [6.45, 7) is 1.56. The second-order valence-corrected chi connectivity index (χ2v) is 3.23. The number of halogens is 3. The fourth-order valence-corrected chi connectivity index (χ4v) is 1.22. The average molecular weight is 203 g/mol. The zero-order valence-electron chi connectivity index (χ0n) is 7.81. The second kappa shape index (κ2) is 4.46. The Hall–Kier alpha value is -1.03. The Morgan fingerprint density at radius 2 is 2.00 bits per heavy atom. The summed E-state index contributed by atoms with van der Waals surface area (Å²) < 4.78 is 37.3. The molecule has 0 saturated heterocycles. The van der Waals surface area contributed by atoms with Crippen LogP contribution in [-0.4, -0.2) is 12.5 Å². The van der Waals surface area contributed by atoms with Crippen LogP contribution in [0.3, 0.4) is 0 Å². The van der Waals surface area contributed by atoms with E-state index in [1.54, 1.807) is 13.0 Å². The molecule has 0 saturated carbocycles. The van der Waals surface area contributed by atoms with E-state index in [1.165, 1.54) is 12.1 Å². The lowest BCUT2D eigenvalue weighted by Gasteiger charge is -2.12. The molecule has 4 heteroatoms.